The van der Waals surface area contributed by atoms with Crippen LogP contribution in [-0.4, -0.2) is 37.6 Å². The number of epoxide rings is 2. The molecule has 0 aromatic heterocycles. The molecule has 3 heteroatoms. The van der Waals surface area contributed by atoms with Gasteiger partial charge in [-0.2, -0.15) is 0 Å². The van der Waals surface area contributed by atoms with Gasteiger partial charge in [-0.25, -0.2) is 0 Å². The molecule has 29 heavy (non-hydrogen) atoms. The summed E-state index contributed by atoms with van der Waals surface area (Å²) in [5.41, 5.74) is 7.39. The van der Waals surface area contributed by atoms with Crippen LogP contribution >= 0.6 is 0 Å². The van der Waals surface area contributed by atoms with Crippen molar-refractivity contribution in [3.8, 4) is 0 Å². The number of ether oxygens (including phenoxy) is 3. The van der Waals surface area contributed by atoms with Crippen LogP contribution < -0.4 is 0 Å². The predicted molar refractivity (Wildman–Crippen MR) is 118 cm³/mol. The summed E-state index contributed by atoms with van der Waals surface area (Å²) >= 11 is 0. The number of rotatable bonds is 10. The van der Waals surface area contributed by atoms with Crippen molar-refractivity contribution in [1.82, 2.24) is 0 Å². The zero-order chi connectivity index (χ0) is 20.4. The zero-order valence-corrected chi connectivity index (χ0v) is 17.4. The summed E-state index contributed by atoms with van der Waals surface area (Å²) in [5.74, 6) is 0. The molecule has 0 bridgehead atoms. The summed E-state index contributed by atoms with van der Waals surface area (Å²) in [5, 5.41) is 0. The molecule has 2 aliphatic rings. The van der Waals surface area contributed by atoms with Crippen molar-refractivity contribution in [2.24, 2.45) is 0 Å². The van der Waals surface area contributed by atoms with Gasteiger partial charge in [-0.05, 0) is 47.2 Å². The normalized spacial score (nSPS) is 22.0. The van der Waals surface area contributed by atoms with E-state index in [1.807, 2.05) is 12.2 Å². The standard InChI is InChI=1S/C26H30O3/c1-5-21-9-7-19(11-17(21)3)13-23(25-15-27-25)29-24(26-16-28-26)14-20-8-10-22(6-2)18(4)12-20/h5-12,23-26H,1-2,13-16H2,3-4H3. The van der Waals surface area contributed by atoms with E-state index in [1.54, 1.807) is 0 Å². The van der Waals surface area contributed by atoms with Crippen molar-refractivity contribution in [2.75, 3.05) is 13.2 Å². The Hall–Kier alpha value is -2.20. The molecule has 0 N–H and O–H groups in total. The number of aryl methyl sites for hydroxylation is 2. The molecular weight excluding hydrogens is 360 g/mol. The van der Waals surface area contributed by atoms with E-state index in [0.29, 0.717) is 0 Å². The molecule has 0 aliphatic carbocycles. The Kier molecular flexibility index (Phi) is 6.00. The van der Waals surface area contributed by atoms with Crippen molar-refractivity contribution >= 4 is 12.2 Å². The Morgan fingerprint density at radius 3 is 1.59 bits per heavy atom. The Morgan fingerprint density at radius 1 is 0.862 bits per heavy atom. The summed E-state index contributed by atoms with van der Waals surface area (Å²) in [4.78, 5) is 0. The molecule has 2 aromatic carbocycles. The molecule has 2 heterocycles. The largest absolute Gasteiger partial charge is 0.370 e. The molecule has 3 nitrogen and oxygen atoms in total. The van der Waals surface area contributed by atoms with Crippen LogP contribution in [0.25, 0.3) is 12.2 Å². The van der Waals surface area contributed by atoms with Crippen LogP contribution in [0.2, 0.25) is 0 Å². The van der Waals surface area contributed by atoms with Gasteiger partial charge >= 0.3 is 0 Å². The van der Waals surface area contributed by atoms with Gasteiger partial charge in [-0.1, -0.05) is 61.7 Å². The van der Waals surface area contributed by atoms with E-state index < -0.39 is 0 Å². The highest BCUT2D eigenvalue weighted by atomic mass is 16.6. The van der Waals surface area contributed by atoms with E-state index in [0.717, 1.165) is 26.1 Å². The lowest BCUT2D eigenvalue weighted by atomic mass is 9.98. The second-order valence-corrected chi connectivity index (χ2v) is 8.15. The smallest absolute Gasteiger partial charge is 0.107 e. The summed E-state index contributed by atoms with van der Waals surface area (Å²) in [6.45, 7) is 13.6. The lowest BCUT2D eigenvalue weighted by Gasteiger charge is -2.24. The van der Waals surface area contributed by atoms with Gasteiger partial charge in [-0.15, -0.1) is 0 Å². The van der Waals surface area contributed by atoms with Gasteiger partial charge in [0.15, 0.2) is 0 Å². The second kappa shape index (κ2) is 8.66. The SMILES string of the molecule is C=Cc1ccc(CC(OC(Cc2ccc(C=C)c(C)c2)C2CO2)C2CO2)cc1C. The van der Waals surface area contributed by atoms with Crippen LogP contribution in [0.5, 0.6) is 0 Å². The molecule has 2 fully saturated rings. The molecular formula is C26H30O3. The van der Waals surface area contributed by atoms with Gasteiger partial charge in [-0.3, -0.25) is 0 Å². The monoisotopic (exact) mass is 390 g/mol. The van der Waals surface area contributed by atoms with Crippen molar-refractivity contribution in [3.05, 3.63) is 82.9 Å². The van der Waals surface area contributed by atoms with E-state index >= 15 is 0 Å². The van der Waals surface area contributed by atoms with Gasteiger partial charge < -0.3 is 14.2 Å². The first-order valence-corrected chi connectivity index (χ1v) is 10.4. The molecule has 2 aliphatic heterocycles. The van der Waals surface area contributed by atoms with Crippen LogP contribution in [0.4, 0.5) is 0 Å². The fraction of sp³-hybridized carbons (Fsp3) is 0.385. The Labute approximate surface area is 174 Å². The second-order valence-electron chi connectivity index (χ2n) is 8.15. The molecule has 0 radical (unpaired) electrons. The minimum atomic E-state index is 0.0479. The number of hydrogen-bond donors (Lipinski definition) is 0. The summed E-state index contributed by atoms with van der Waals surface area (Å²) < 4.78 is 17.9. The van der Waals surface area contributed by atoms with Crippen LogP contribution in [0.3, 0.4) is 0 Å². The number of benzene rings is 2. The van der Waals surface area contributed by atoms with Crippen LogP contribution in [0, 0.1) is 13.8 Å². The predicted octanol–water partition coefficient (Wildman–Crippen LogP) is 4.93. The van der Waals surface area contributed by atoms with E-state index in [-0.39, 0.29) is 24.4 Å². The highest BCUT2D eigenvalue weighted by molar-refractivity contribution is 5.53. The highest BCUT2D eigenvalue weighted by Crippen LogP contribution is 2.29. The van der Waals surface area contributed by atoms with Gasteiger partial charge in [0.05, 0.1) is 25.4 Å². The maximum Gasteiger partial charge on any atom is 0.107 e. The maximum absolute atomic E-state index is 6.61. The maximum atomic E-state index is 6.61. The third-order valence-corrected chi connectivity index (χ3v) is 5.88. The molecule has 0 saturated carbocycles. The molecule has 2 aromatic rings. The average molecular weight is 391 g/mol. The lowest BCUT2D eigenvalue weighted by Crippen LogP contribution is -2.33. The first kappa shape index (κ1) is 20.1. The molecule has 0 amide bonds. The Morgan fingerprint density at radius 2 is 1.28 bits per heavy atom. The number of hydrogen-bond acceptors (Lipinski definition) is 3. The molecule has 2 saturated heterocycles. The van der Waals surface area contributed by atoms with Crippen molar-refractivity contribution in [1.29, 1.82) is 0 Å². The first-order chi connectivity index (χ1) is 14.1. The quantitative estimate of drug-likeness (QED) is 0.540. The minimum absolute atomic E-state index is 0.0479. The fourth-order valence-electron chi connectivity index (χ4n) is 3.95. The Bertz CT molecular complexity index is 819. The zero-order valence-electron chi connectivity index (χ0n) is 17.4. The molecule has 4 atom stereocenters. The van der Waals surface area contributed by atoms with Crippen molar-refractivity contribution in [2.45, 2.75) is 51.1 Å². The van der Waals surface area contributed by atoms with Gasteiger partial charge in [0.1, 0.15) is 12.2 Å². The van der Waals surface area contributed by atoms with E-state index in [4.69, 9.17) is 14.2 Å². The topological polar surface area (TPSA) is 34.3 Å². The molecule has 4 rings (SSSR count). The van der Waals surface area contributed by atoms with Gasteiger partial charge in [0, 0.05) is 12.8 Å². The van der Waals surface area contributed by atoms with Crippen LogP contribution in [0.1, 0.15) is 33.4 Å². The minimum Gasteiger partial charge on any atom is -0.370 e. The third-order valence-electron chi connectivity index (χ3n) is 5.88. The van der Waals surface area contributed by atoms with Crippen molar-refractivity contribution in [3.63, 3.8) is 0 Å². The van der Waals surface area contributed by atoms with Gasteiger partial charge in [0.2, 0.25) is 0 Å². The average Bonchev–Trinajstić information content (AvgIpc) is 3.60. The Balaban J connectivity index is 1.47. The highest BCUT2D eigenvalue weighted by Gasteiger charge is 2.40. The van der Waals surface area contributed by atoms with E-state index in [1.165, 1.54) is 33.4 Å². The summed E-state index contributed by atoms with van der Waals surface area (Å²) in [6, 6.07) is 13.1. The van der Waals surface area contributed by atoms with Crippen molar-refractivity contribution < 1.29 is 14.2 Å². The van der Waals surface area contributed by atoms with E-state index in [9.17, 15) is 0 Å². The van der Waals surface area contributed by atoms with Gasteiger partial charge in [0.25, 0.3) is 0 Å². The first-order valence-electron chi connectivity index (χ1n) is 10.4. The van der Waals surface area contributed by atoms with E-state index in [2.05, 4.69) is 63.4 Å². The summed E-state index contributed by atoms with van der Waals surface area (Å²) in [7, 11) is 0. The van der Waals surface area contributed by atoms with Crippen LogP contribution in [-0.2, 0) is 27.1 Å². The fourth-order valence-corrected chi connectivity index (χ4v) is 3.95. The summed E-state index contributed by atoms with van der Waals surface area (Å²) in [6.07, 6.45) is 5.95. The lowest BCUT2D eigenvalue weighted by molar-refractivity contribution is -0.0369. The third kappa shape index (κ3) is 5.05. The van der Waals surface area contributed by atoms with Crippen LogP contribution in [0.15, 0.2) is 49.6 Å². The molecule has 4 unspecified atom stereocenters. The molecule has 0 spiro atoms. The molecule has 152 valence electrons.